The Balaban J connectivity index is 2.55. The van der Waals surface area contributed by atoms with Gasteiger partial charge in [0.25, 0.3) is 0 Å². The second kappa shape index (κ2) is 5.75. The van der Waals surface area contributed by atoms with E-state index in [1.54, 1.807) is 0 Å². The summed E-state index contributed by atoms with van der Waals surface area (Å²) < 4.78 is 26.0. The molecule has 2 nitrogen and oxygen atoms in total. The van der Waals surface area contributed by atoms with Gasteiger partial charge in [-0.1, -0.05) is 24.3 Å². The second-order valence-electron chi connectivity index (χ2n) is 4.28. The lowest BCUT2D eigenvalue weighted by atomic mass is 9.86. The van der Waals surface area contributed by atoms with Crippen LogP contribution in [0.5, 0.6) is 0 Å². The summed E-state index contributed by atoms with van der Waals surface area (Å²) in [5.41, 5.74) is -0.866. The monoisotopic (exact) mass is 274 g/mol. The van der Waals surface area contributed by atoms with Crippen LogP contribution in [-0.2, 0) is 10.4 Å². The maximum atomic E-state index is 13.0. The zero-order chi connectivity index (χ0) is 14.6. The van der Waals surface area contributed by atoms with Crippen molar-refractivity contribution in [1.29, 1.82) is 0 Å². The number of hydrogen-bond donors (Lipinski definition) is 1. The van der Waals surface area contributed by atoms with E-state index in [9.17, 15) is 18.7 Å². The first-order chi connectivity index (χ1) is 9.56. The molecule has 2 aromatic rings. The number of aldehydes is 1. The van der Waals surface area contributed by atoms with Gasteiger partial charge in [-0.2, -0.15) is 0 Å². The summed E-state index contributed by atoms with van der Waals surface area (Å²) in [5, 5.41) is 10.8. The molecule has 2 rings (SSSR count). The van der Waals surface area contributed by atoms with Gasteiger partial charge < -0.3 is 5.11 Å². The molecule has 20 heavy (non-hydrogen) atoms. The molecule has 0 saturated heterocycles. The number of allylic oxidation sites excluding steroid dienone is 1. The lowest BCUT2D eigenvalue weighted by Gasteiger charge is -2.25. The van der Waals surface area contributed by atoms with Gasteiger partial charge in [-0.05, 0) is 47.5 Å². The minimum Gasteiger partial charge on any atom is -0.377 e. The highest BCUT2D eigenvalue weighted by atomic mass is 19.1. The maximum absolute atomic E-state index is 13.0. The van der Waals surface area contributed by atoms with Gasteiger partial charge in [-0.15, -0.1) is 0 Å². The molecule has 0 spiro atoms. The van der Waals surface area contributed by atoms with Crippen molar-refractivity contribution in [2.24, 2.45) is 0 Å². The summed E-state index contributed by atoms with van der Waals surface area (Å²) in [6.07, 6.45) is 2.95. The standard InChI is InChI=1S/C16H12F2O2/c17-14-6-2-12(3-7-14)16(20,10-1-11-19)13-4-8-15(18)9-5-13/h1-11,20H/b10-1+. The number of halogens is 2. The predicted octanol–water partition coefficient (Wildman–Crippen LogP) is 2.96. The highest BCUT2D eigenvalue weighted by molar-refractivity contribution is 5.65. The van der Waals surface area contributed by atoms with E-state index < -0.39 is 17.2 Å². The van der Waals surface area contributed by atoms with E-state index in [0.29, 0.717) is 17.4 Å². The molecular weight excluding hydrogens is 262 g/mol. The average Bonchev–Trinajstić information content (AvgIpc) is 2.46. The topological polar surface area (TPSA) is 37.3 Å². The van der Waals surface area contributed by atoms with Crippen molar-refractivity contribution in [2.45, 2.75) is 5.60 Å². The zero-order valence-corrected chi connectivity index (χ0v) is 10.5. The molecule has 0 aromatic heterocycles. The third-order valence-corrected chi connectivity index (χ3v) is 2.98. The van der Waals surface area contributed by atoms with Crippen LogP contribution in [0.2, 0.25) is 0 Å². The van der Waals surface area contributed by atoms with Gasteiger partial charge in [0.15, 0.2) is 0 Å². The second-order valence-corrected chi connectivity index (χ2v) is 4.28. The summed E-state index contributed by atoms with van der Waals surface area (Å²) in [6.45, 7) is 0. The van der Waals surface area contributed by atoms with Crippen molar-refractivity contribution in [1.82, 2.24) is 0 Å². The Bertz CT molecular complexity index is 570. The van der Waals surface area contributed by atoms with Gasteiger partial charge in [0.05, 0.1) is 0 Å². The zero-order valence-electron chi connectivity index (χ0n) is 10.5. The number of rotatable bonds is 4. The number of carbonyl (C=O) groups excluding carboxylic acids is 1. The van der Waals surface area contributed by atoms with Crippen LogP contribution < -0.4 is 0 Å². The first kappa shape index (κ1) is 14.1. The molecule has 0 heterocycles. The normalized spacial score (nSPS) is 11.8. The van der Waals surface area contributed by atoms with Crippen LogP contribution in [0, 0.1) is 11.6 Å². The SMILES string of the molecule is O=C/C=C/C(O)(c1ccc(F)cc1)c1ccc(F)cc1. The fourth-order valence-corrected chi connectivity index (χ4v) is 1.95. The van der Waals surface area contributed by atoms with Crippen LogP contribution in [0.4, 0.5) is 8.78 Å². The molecule has 0 fully saturated rings. The van der Waals surface area contributed by atoms with Crippen LogP contribution in [-0.4, -0.2) is 11.4 Å². The fourth-order valence-electron chi connectivity index (χ4n) is 1.95. The molecule has 0 aliphatic carbocycles. The van der Waals surface area contributed by atoms with Crippen molar-refractivity contribution < 1.29 is 18.7 Å². The van der Waals surface area contributed by atoms with E-state index >= 15 is 0 Å². The molecule has 0 amide bonds. The smallest absolute Gasteiger partial charge is 0.142 e. The minimum atomic E-state index is -1.62. The Labute approximate surface area is 115 Å². The van der Waals surface area contributed by atoms with Crippen molar-refractivity contribution in [2.75, 3.05) is 0 Å². The van der Waals surface area contributed by atoms with Crippen LogP contribution in [0.15, 0.2) is 60.7 Å². The van der Waals surface area contributed by atoms with Gasteiger partial charge in [0.1, 0.15) is 23.5 Å². The van der Waals surface area contributed by atoms with Gasteiger partial charge in [-0.3, -0.25) is 4.79 Å². The summed E-state index contributed by atoms with van der Waals surface area (Å²) in [5.74, 6) is -0.871. The van der Waals surface area contributed by atoms with Gasteiger partial charge >= 0.3 is 0 Å². The Morgan fingerprint density at radius 3 is 1.60 bits per heavy atom. The highest BCUT2D eigenvalue weighted by Gasteiger charge is 2.28. The van der Waals surface area contributed by atoms with Crippen molar-refractivity contribution >= 4 is 6.29 Å². The van der Waals surface area contributed by atoms with E-state index in [-0.39, 0.29) is 0 Å². The lowest BCUT2D eigenvalue weighted by molar-refractivity contribution is -0.104. The van der Waals surface area contributed by atoms with E-state index in [2.05, 4.69) is 0 Å². The van der Waals surface area contributed by atoms with Crippen LogP contribution in [0.3, 0.4) is 0 Å². The Morgan fingerprint density at radius 2 is 1.25 bits per heavy atom. The third-order valence-electron chi connectivity index (χ3n) is 2.98. The number of benzene rings is 2. The molecule has 0 radical (unpaired) electrons. The fraction of sp³-hybridized carbons (Fsp3) is 0.0625. The molecule has 0 saturated carbocycles. The molecule has 0 unspecified atom stereocenters. The van der Waals surface area contributed by atoms with Gasteiger partial charge in [0.2, 0.25) is 0 Å². The van der Waals surface area contributed by atoms with Crippen molar-refractivity contribution in [3.05, 3.63) is 83.4 Å². The van der Waals surface area contributed by atoms with E-state index in [1.165, 1.54) is 54.6 Å². The molecule has 4 heteroatoms. The molecule has 1 N–H and O–H groups in total. The van der Waals surface area contributed by atoms with Gasteiger partial charge in [0, 0.05) is 0 Å². The molecule has 0 aliphatic heterocycles. The van der Waals surface area contributed by atoms with E-state index in [1.807, 2.05) is 0 Å². The number of aliphatic hydroxyl groups is 1. The van der Waals surface area contributed by atoms with E-state index in [0.717, 1.165) is 6.08 Å². The molecule has 102 valence electrons. The summed E-state index contributed by atoms with van der Waals surface area (Å²) in [4.78, 5) is 10.5. The first-order valence-corrected chi connectivity index (χ1v) is 5.94. The van der Waals surface area contributed by atoms with Crippen LogP contribution in [0.1, 0.15) is 11.1 Å². The molecule has 0 atom stereocenters. The minimum absolute atomic E-state index is 0.378. The molecule has 0 aliphatic rings. The largest absolute Gasteiger partial charge is 0.377 e. The van der Waals surface area contributed by atoms with Gasteiger partial charge in [-0.25, -0.2) is 8.78 Å². The molecule has 2 aromatic carbocycles. The molecule has 0 bridgehead atoms. The highest BCUT2D eigenvalue weighted by Crippen LogP contribution is 2.31. The summed E-state index contributed by atoms with van der Waals surface area (Å²) in [6, 6.07) is 10.5. The average molecular weight is 274 g/mol. The summed E-state index contributed by atoms with van der Waals surface area (Å²) >= 11 is 0. The van der Waals surface area contributed by atoms with Crippen molar-refractivity contribution in [3.63, 3.8) is 0 Å². The van der Waals surface area contributed by atoms with E-state index in [4.69, 9.17) is 0 Å². The first-order valence-electron chi connectivity index (χ1n) is 5.94. The predicted molar refractivity (Wildman–Crippen MR) is 71.0 cm³/mol. The summed E-state index contributed by atoms with van der Waals surface area (Å²) in [7, 11) is 0. The van der Waals surface area contributed by atoms with Crippen LogP contribution in [0.25, 0.3) is 0 Å². The van der Waals surface area contributed by atoms with Crippen LogP contribution >= 0.6 is 0 Å². The quantitative estimate of drug-likeness (QED) is 0.687. The maximum Gasteiger partial charge on any atom is 0.142 e. The molecular formula is C16H12F2O2. The number of hydrogen-bond acceptors (Lipinski definition) is 2. The number of carbonyl (C=O) groups is 1. The Morgan fingerprint density at radius 1 is 0.850 bits per heavy atom. The lowest BCUT2D eigenvalue weighted by Crippen LogP contribution is -2.24. The Kier molecular flexibility index (Phi) is 4.05. The van der Waals surface area contributed by atoms with Crippen molar-refractivity contribution in [3.8, 4) is 0 Å². The Hall–Kier alpha value is -2.33. The third kappa shape index (κ3) is 2.81.